The number of fused-ring (bicyclic) bond motifs is 1. The lowest BCUT2D eigenvalue weighted by molar-refractivity contribution is -0.137. The number of aliphatic hydroxyl groups excluding tert-OH is 1. The summed E-state index contributed by atoms with van der Waals surface area (Å²) in [5.74, 6) is 0.796. The maximum atomic E-state index is 13.8. The minimum absolute atomic E-state index is 0.0548. The molecule has 228 valence electrons. The fourth-order valence-electron chi connectivity index (χ4n) is 6.32. The highest BCUT2D eigenvalue weighted by Crippen LogP contribution is 2.44. The third-order valence-corrected chi connectivity index (χ3v) is 8.90. The summed E-state index contributed by atoms with van der Waals surface area (Å²) in [5.41, 5.74) is 3.05. The number of hydrogen-bond donors (Lipinski definition) is 2. The Morgan fingerprint density at radius 1 is 1.05 bits per heavy atom. The van der Waals surface area contributed by atoms with Crippen molar-refractivity contribution < 1.29 is 29.3 Å². The van der Waals surface area contributed by atoms with Crippen LogP contribution in [0, 0.1) is 5.92 Å². The zero-order valence-corrected chi connectivity index (χ0v) is 25.8. The van der Waals surface area contributed by atoms with Gasteiger partial charge in [0.25, 0.3) is 0 Å². The second kappa shape index (κ2) is 12.6. The molecule has 0 aromatic heterocycles. The number of methoxy groups -OCH3 is 1. The number of carbonyl (C=O) groups is 2. The average molecular weight is 607 g/mol. The highest BCUT2D eigenvalue weighted by molar-refractivity contribution is 6.30. The Morgan fingerprint density at radius 2 is 1.70 bits per heavy atom. The molecule has 2 N–H and O–H groups in total. The van der Waals surface area contributed by atoms with Crippen LogP contribution in [0.5, 0.6) is 11.5 Å². The first kappa shape index (κ1) is 30.9. The number of halogens is 1. The summed E-state index contributed by atoms with van der Waals surface area (Å²) in [5, 5.41) is 21.4. The summed E-state index contributed by atoms with van der Waals surface area (Å²) in [4.78, 5) is 29.2. The first-order valence-corrected chi connectivity index (χ1v) is 15.1. The van der Waals surface area contributed by atoms with E-state index in [1.807, 2.05) is 74.5 Å². The molecule has 43 heavy (non-hydrogen) atoms. The monoisotopic (exact) mass is 606 g/mol. The molecule has 1 saturated heterocycles. The van der Waals surface area contributed by atoms with E-state index in [-0.39, 0.29) is 30.3 Å². The highest BCUT2D eigenvalue weighted by Gasteiger charge is 2.39. The average Bonchev–Trinajstić information content (AvgIpc) is 3.00. The number of ether oxygens (including phenoxy) is 2. The highest BCUT2D eigenvalue weighted by atomic mass is 35.5. The summed E-state index contributed by atoms with van der Waals surface area (Å²) >= 11 is 6.24. The van der Waals surface area contributed by atoms with Gasteiger partial charge in [-0.15, -0.1) is 0 Å². The normalized spacial score (nSPS) is 18.8. The SMILES string of the molecule is COc1cc2c(cc1OC(C)C)C(c1ccc(Cl)cc1)N(c1ccc([C@@](C)(O)C3CCN(C(=O)CO)CC3)cc1)C(=O)C2. The molecule has 2 heterocycles. The third kappa shape index (κ3) is 6.23. The number of amides is 2. The summed E-state index contributed by atoms with van der Waals surface area (Å²) < 4.78 is 11.7. The van der Waals surface area contributed by atoms with Gasteiger partial charge in [0.15, 0.2) is 11.5 Å². The Morgan fingerprint density at radius 3 is 2.28 bits per heavy atom. The number of piperidine rings is 1. The van der Waals surface area contributed by atoms with Crippen molar-refractivity contribution >= 4 is 29.1 Å². The van der Waals surface area contributed by atoms with Crippen molar-refractivity contribution in [2.45, 2.75) is 57.8 Å². The van der Waals surface area contributed by atoms with E-state index in [2.05, 4.69) is 0 Å². The molecule has 0 aliphatic carbocycles. The summed E-state index contributed by atoms with van der Waals surface area (Å²) in [6.07, 6.45) is 1.39. The number of rotatable bonds is 8. The van der Waals surface area contributed by atoms with Crippen molar-refractivity contribution in [3.63, 3.8) is 0 Å². The standard InChI is InChI=1S/C34H39ClN2O6/c1-21(2)43-30-19-28-23(17-29(30)42-4)18-31(39)37(33(28)22-5-9-26(35)10-6-22)27-11-7-24(8-12-27)34(3,41)25-13-15-36(16-14-25)32(40)20-38/h5-12,17,19,21,25,33,38,41H,13-16,18,20H2,1-4H3/t33?,34-/m1/s1. The van der Waals surface area contributed by atoms with Gasteiger partial charge in [0, 0.05) is 23.8 Å². The van der Waals surface area contributed by atoms with Crippen molar-refractivity contribution in [1.82, 2.24) is 4.90 Å². The molecule has 5 rings (SSSR count). The molecule has 9 heteroatoms. The minimum atomic E-state index is -1.12. The molecule has 3 aromatic carbocycles. The number of anilines is 1. The maximum absolute atomic E-state index is 13.8. The predicted molar refractivity (Wildman–Crippen MR) is 166 cm³/mol. The Balaban J connectivity index is 1.50. The van der Waals surface area contributed by atoms with Crippen LogP contribution in [0.1, 0.15) is 61.9 Å². The first-order valence-electron chi connectivity index (χ1n) is 14.7. The molecule has 0 spiro atoms. The Labute approximate surface area is 257 Å². The second-order valence-corrected chi connectivity index (χ2v) is 12.2. The van der Waals surface area contributed by atoms with E-state index < -0.39 is 18.2 Å². The quantitative estimate of drug-likeness (QED) is 0.363. The molecule has 2 aliphatic heterocycles. The minimum Gasteiger partial charge on any atom is -0.493 e. The van der Waals surface area contributed by atoms with Crippen molar-refractivity contribution in [2.75, 3.05) is 31.7 Å². The molecular formula is C34H39ClN2O6. The van der Waals surface area contributed by atoms with Crippen LogP contribution in [0.3, 0.4) is 0 Å². The number of benzene rings is 3. The molecule has 2 amide bonds. The lowest BCUT2D eigenvalue weighted by atomic mass is 9.77. The molecule has 0 radical (unpaired) electrons. The van der Waals surface area contributed by atoms with Crippen LogP contribution >= 0.6 is 11.6 Å². The molecule has 8 nitrogen and oxygen atoms in total. The van der Waals surface area contributed by atoms with Crippen LogP contribution in [0.25, 0.3) is 0 Å². The van der Waals surface area contributed by atoms with Gasteiger partial charge in [-0.3, -0.25) is 9.59 Å². The Hall–Kier alpha value is -3.59. The summed E-state index contributed by atoms with van der Waals surface area (Å²) in [6, 6.07) is 18.5. The van der Waals surface area contributed by atoms with Crippen LogP contribution in [-0.4, -0.2) is 59.8 Å². The summed E-state index contributed by atoms with van der Waals surface area (Å²) in [6.45, 7) is 6.21. The first-order chi connectivity index (χ1) is 20.5. The molecule has 0 saturated carbocycles. The van der Waals surface area contributed by atoms with Crippen LogP contribution < -0.4 is 14.4 Å². The molecule has 1 fully saturated rings. The van der Waals surface area contributed by atoms with Gasteiger partial charge in [-0.05, 0) is 98.2 Å². The van der Waals surface area contributed by atoms with Crippen LogP contribution in [0.4, 0.5) is 5.69 Å². The maximum Gasteiger partial charge on any atom is 0.248 e. The van der Waals surface area contributed by atoms with E-state index in [0.717, 1.165) is 22.3 Å². The van der Waals surface area contributed by atoms with Gasteiger partial charge in [0.1, 0.15) is 6.61 Å². The lowest BCUT2D eigenvalue weighted by Gasteiger charge is -2.40. The van der Waals surface area contributed by atoms with E-state index in [4.69, 9.17) is 21.1 Å². The van der Waals surface area contributed by atoms with Crippen LogP contribution in [0.2, 0.25) is 5.02 Å². The zero-order valence-electron chi connectivity index (χ0n) is 25.0. The summed E-state index contributed by atoms with van der Waals surface area (Å²) in [7, 11) is 1.59. The van der Waals surface area contributed by atoms with E-state index in [9.17, 15) is 19.8 Å². The molecule has 0 bridgehead atoms. The van der Waals surface area contributed by atoms with Gasteiger partial charge >= 0.3 is 0 Å². The van der Waals surface area contributed by atoms with Gasteiger partial charge in [-0.1, -0.05) is 35.9 Å². The van der Waals surface area contributed by atoms with E-state index >= 15 is 0 Å². The van der Waals surface area contributed by atoms with Crippen molar-refractivity contribution in [2.24, 2.45) is 5.92 Å². The predicted octanol–water partition coefficient (Wildman–Crippen LogP) is 5.25. The van der Waals surface area contributed by atoms with Crippen molar-refractivity contribution in [3.05, 3.63) is 87.9 Å². The van der Waals surface area contributed by atoms with E-state index in [1.54, 1.807) is 23.8 Å². The zero-order chi connectivity index (χ0) is 30.9. The number of aliphatic hydroxyl groups is 2. The molecule has 2 atom stereocenters. The van der Waals surface area contributed by atoms with Crippen molar-refractivity contribution in [1.29, 1.82) is 0 Å². The number of nitrogens with zero attached hydrogens (tertiary/aromatic N) is 2. The Bertz CT molecular complexity index is 1460. The Kier molecular flexibility index (Phi) is 9.02. The van der Waals surface area contributed by atoms with Gasteiger partial charge in [-0.2, -0.15) is 0 Å². The molecule has 2 aliphatic rings. The largest absolute Gasteiger partial charge is 0.493 e. The second-order valence-electron chi connectivity index (χ2n) is 11.8. The van der Waals surface area contributed by atoms with Gasteiger partial charge in [-0.25, -0.2) is 0 Å². The number of carbonyl (C=O) groups excluding carboxylic acids is 2. The van der Waals surface area contributed by atoms with E-state index in [0.29, 0.717) is 48.1 Å². The fraction of sp³-hybridized carbons (Fsp3) is 0.412. The topological polar surface area (TPSA) is 99.5 Å². The van der Waals surface area contributed by atoms with Crippen LogP contribution in [-0.2, 0) is 21.6 Å². The fourth-order valence-corrected chi connectivity index (χ4v) is 6.44. The molecule has 3 aromatic rings. The van der Waals surface area contributed by atoms with Gasteiger partial charge in [0.2, 0.25) is 11.8 Å². The van der Waals surface area contributed by atoms with Crippen LogP contribution in [0.15, 0.2) is 60.7 Å². The number of hydrogen-bond acceptors (Lipinski definition) is 6. The lowest BCUT2D eigenvalue weighted by Crippen LogP contribution is -2.45. The third-order valence-electron chi connectivity index (χ3n) is 8.64. The smallest absolute Gasteiger partial charge is 0.248 e. The van der Waals surface area contributed by atoms with E-state index in [1.165, 1.54) is 0 Å². The van der Waals surface area contributed by atoms with Gasteiger partial charge in [0.05, 0.1) is 31.3 Å². The number of likely N-dealkylation sites (tertiary alicyclic amines) is 1. The van der Waals surface area contributed by atoms with Gasteiger partial charge < -0.3 is 29.5 Å². The molecule has 1 unspecified atom stereocenters. The molecular weight excluding hydrogens is 568 g/mol. The van der Waals surface area contributed by atoms with Crippen molar-refractivity contribution in [3.8, 4) is 11.5 Å².